The van der Waals surface area contributed by atoms with Gasteiger partial charge in [0.2, 0.25) is 11.8 Å². The number of methoxy groups -OCH3 is 1. The number of nitrogens with zero attached hydrogens (tertiary/aromatic N) is 1. The molecule has 1 aromatic heterocycles. The average Bonchev–Trinajstić information content (AvgIpc) is 2.54. The largest absolute Gasteiger partial charge is 0.481 e. The lowest BCUT2D eigenvalue weighted by Gasteiger charge is -2.12. The van der Waals surface area contributed by atoms with Crippen LogP contribution in [0.1, 0.15) is 24.2 Å². The minimum atomic E-state index is -0.493. The van der Waals surface area contributed by atoms with Crippen LogP contribution in [0.5, 0.6) is 5.88 Å². The second-order valence-electron chi connectivity index (χ2n) is 4.98. The van der Waals surface area contributed by atoms with Crippen molar-refractivity contribution in [2.45, 2.75) is 24.3 Å². The number of hydrogen-bond donors (Lipinski definition) is 2. The fourth-order valence-corrected chi connectivity index (χ4v) is 2.63. The first-order valence-electron chi connectivity index (χ1n) is 7.13. The second kappa shape index (κ2) is 7.78. The molecule has 0 aliphatic carbocycles. The van der Waals surface area contributed by atoms with E-state index in [1.165, 1.54) is 20.1 Å². The number of carbonyl (C=O) groups excluding carboxylic acids is 2. The van der Waals surface area contributed by atoms with Gasteiger partial charge in [0, 0.05) is 11.3 Å². The summed E-state index contributed by atoms with van der Waals surface area (Å²) in [6, 6.07) is 7.86. The molecule has 1 aromatic carbocycles. The van der Waals surface area contributed by atoms with Crippen molar-refractivity contribution in [1.29, 1.82) is 0 Å². The lowest BCUT2D eigenvalue weighted by molar-refractivity contribution is -0.115. The van der Waals surface area contributed by atoms with E-state index < -0.39 is 5.25 Å². The Morgan fingerprint density at radius 3 is 2.54 bits per heavy atom. The van der Waals surface area contributed by atoms with E-state index in [9.17, 15) is 14.4 Å². The minimum Gasteiger partial charge on any atom is -0.481 e. The minimum absolute atomic E-state index is 0.0372. The van der Waals surface area contributed by atoms with Gasteiger partial charge in [-0.2, -0.15) is 4.98 Å². The topological polar surface area (TPSA) is 101 Å². The number of aromatic amines is 1. The van der Waals surface area contributed by atoms with E-state index in [4.69, 9.17) is 4.74 Å². The van der Waals surface area contributed by atoms with Crippen molar-refractivity contribution in [3.63, 3.8) is 0 Å². The van der Waals surface area contributed by atoms with E-state index in [1.54, 1.807) is 31.2 Å². The quantitative estimate of drug-likeness (QED) is 0.471. The Balaban J connectivity index is 2.03. The zero-order valence-electron chi connectivity index (χ0n) is 13.5. The molecule has 1 amide bonds. The summed E-state index contributed by atoms with van der Waals surface area (Å²) in [5, 5.41) is 2.56. The number of carbonyl (C=O) groups is 2. The van der Waals surface area contributed by atoms with Gasteiger partial charge in [-0.25, -0.2) is 0 Å². The average molecular weight is 347 g/mol. The second-order valence-corrected chi connectivity index (χ2v) is 6.31. The lowest BCUT2D eigenvalue weighted by atomic mass is 10.1. The number of anilines is 1. The van der Waals surface area contributed by atoms with Crippen LogP contribution in [0.15, 0.2) is 40.3 Å². The molecule has 0 aliphatic rings. The number of amides is 1. The number of aromatic nitrogens is 2. The summed E-state index contributed by atoms with van der Waals surface area (Å²) in [5.74, 6) is -0.0976. The predicted octanol–water partition coefficient (Wildman–Crippen LogP) is 2.10. The predicted molar refractivity (Wildman–Crippen MR) is 91.8 cm³/mol. The van der Waals surface area contributed by atoms with Crippen molar-refractivity contribution in [3.8, 4) is 5.88 Å². The molecule has 0 fully saturated rings. The van der Waals surface area contributed by atoms with Gasteiger partial charge >= 0.3 is 0 Å². The van der Waals surface area contributed by atoms with Crippen LogP contribution in [0.4, 0.5) is 5.69 Å². The molecule has 7 nitrogen and oxygen atoms in total. The lowest BCUT2D eigenvalue weighted by Crippen LogP contribution is -2.23. The Morgan fingerprint density at radius 1 is 1.29 bits per heavy atom. The molecule has 1 heterocycles. The molecule has 1 atom stereocenters. The molecule has 2 rings (SSSR count). The van der Waals surface area contributed by atoms with Crippen LogP contribution in [0.2, 0.25) is 0 Å². The van der Waals surface area contributed by atoms with Gasteiger partial charge in [0.25, 0.3) is 5.56 Å². The SMILES string of the molecule is COc1cc(=O)[nH]c(S[C@@H](C)C(=O)Nc2ccc(C(C)=O)cc2)n1. The Hall–Kier alpha value is -2.61. The number of ether oxygens (including phenoxy) is 1. The van der Waals surface area contributed by atoms with E-state index in [1.807, 2.05) is 0 Å². The normalized spacial score (nSPS) is 11.6. The summed E-state index contributed by atoms with van der Waals surface area (Å²) in [6.45, 7) is 3.18. The summed E-state index contributed by atoms with van der Waals surface area (Å²) >= 11 is 1.11. The Labute approximate surface area is 142 Å². The first-order valence-corrected chi connectivity index (χ1v) is 8.01. The maximum Gasteiger partial charge on any atom is 0.255 e. The Kier molecular flexibility index (Phi) is 5.75. The van der Waals surface area contributed by atoms with Gasteiger partial charge in [0.15, 0.2) is 10.9 Å². The highest BCUT2D eigenvalue weighted by atomic mass is 32.2. The number of ketones is 1. The van der Waals surface area contributed by atoms with Crippen molar-refractivity contribution in [3.05, 3.63) is 46.2 Å². The summed E-state index contributed by atoms with van der Waals surface area (Å²) < 4.78 is 4.93. The van der Waals surface area contributed by atoms with Gasteiger partial charge in [0.05, 0.1) is 18.4 Å². The van der Waals surface area contributed by atoms with Crippen LogP contribution >= 0.6 is 11.8 Å². The smallest absolute Gasteiger partial charge is 0.255 e. The van der Waals surface area contributed by atoms with E-state index in [2.05, 4.69) is 15.3 Å². The Morgan fingerprint density at radius 2 is 1.96 bits per heavy atom. The summed E-state index contributed by atoms with van der Waals surface area (Å²) in [5.41, 5.74) is 0.815. The van der Waals surface area contributed by atoms with Crippen LogP contribution in [-0.4, -0.2) is 34.0 Å². The van der Waals surface area contributed by atoms with E-state index in [0.29, 0.717) is 16.4 Å². The van der Waals surface area contributed by atoms with Gasteiger partial charge in [-0.05, 0) is 38.1 Å². The fourth-order valence-electron chi connectivity index (χ4n) is 1.83. The molecule has 8 heteroatoms. The van der Waals surface area contributed by atoms with Gasteiger partial charge in [-0.1, -0.05) is 11.8 Å². The third kappa shape index (κ3) is 4.69. The molecular weight excluding hydrogens is 330 g/mol. The van der Waals surface area contributed by atoms with Crippen LogP contribution in [0.3, 0.4) is 0 Å². The summed E-state index contributed by atoms with van der Waals surface area (Å²) in [4.78, 5) is 41.6. The molecule has 0 aliphatic heterocycles. The van der Waals surface area contributed by atoms with Crippen LogP contribution < -0.4 is 15.6 Å². The monoisotopic (exact) mass is 347 g/mol. The van der Waals surface area contributed by atoms with Crippen LogP contribution in [-0.2, 0) is 4.79 Å². The van der Waals surface area contributed by atoms with E-state index in [0.717, 1.165) is 11.8 Å². The van der Waals surface area contributed by atoms with Gasteiger partial charge in [-0.3, -0.25) is 14.4 Å². The molecular formula is C16H17N3O4S. The first-order chi connectivity index (χ1) is 11.4. The molecule has 2 aromatic rings. The molecule has 126 valence electrons. The summed E-state index contributed by atoms with van der Waals surface area (Å²) in [7, 11) is 1.41. The molecule has 0 spiro atoms. The van der Waals surface area contributed by atoms with Gasteiger partial charge in [0.1, 0.15) is 0 Å². The standard InChI is InChI=1S/C16H17N3O4S/c1-9(20)11-4-6-12(7-5-11)17-15(22)10(2)24-16-18-13(21)8-14(19-16)23-3/h4-8,10H,1-3H3,(H,17,22)(H,18,19,21)/t10-/m0/s1. The summed E-state index contributed by atoms with van der Waals surface area (Å²) in [6.07, 6.45) is 0. The highest BCUT2D eigenvalue weighted by Crippen LogP contribution is 2.21. The molecule has 24 heavy (non-hydrogen) atoms. The number of H-pyrrole nitrogens is 1. The highest BCUT2D eigenvalue weighted by Gasteiger charge is 2.16. The van der Waals surface area contributed by atoms with Crippen molar-refractivity contribution < 1.29 is 14.3 Å². The van der Waals surface area contributed by atoms with Crippen LogP contribution in [0.25, 0.3) is 0 Å². The maximum absolute atomic E-state index is 12.2. The molecule has 0 radical (unpaired) electrons. The third-order valence-electron chi connectivity index (χ3n) is 3.12. The maximum atomic E-state index is 12.2. The van der Waals surface area contributed by atoms with Crippen molar-refractivity contribution in [2.24, 2.45) is 0 Å². The number of benzene rings is 1. The first kappa shape index (κ1) is 17.7. The Bertz CT molecular complexity index is 802. The zero-order chi connectivity index (χ0) is 17.7. The van der Waals surface area contributed by atoms with Gasteiger partial charge in [-0.15, -0.1) is 0 Å². The number of Topliss-reactive ketones (excluding diaryl/α,β-unsaturated/α-hetero) is 1. The molecule has 0 unspecified atom stereocenters. The molecule has 2 N–H and O–H groups in total. The number of rotatable bonds is 6. The molecule has 0 bridgehead atoms. The fraction of sp³-hybridized carbons (Fsp3) is 0.250. The number of hydrogen-bond acceptors (Lipinski definition) is 6. The van der Waals surface area contributed by atoms with E-state index >= 15 is 0 Å². The van der Waals surface area contributed by atoms with Gasteiger partial charge < -0.3 is 15.0 Å². The van der Waals surface area contributed by atoms with Crippen molar-refractivity contribution in [1.82, 2.24) is 9.97 Å². The van der Waals surface area contributed by atoms with Crippen LogP contribution in [0, 0.1) is 0 Å². The zero-order valence-corrected chi connectivity index (χ0v) is 14.3. The third-order valence-corrected chi connectivity index (χ3v) is 4.11. The number of thioether (sulfide) groups is 1. The highest BCUT2D eigenvalue weighted by molar-refractivity contribution is 8.00. The number of nitrogens with one attached hydrogen (secondary N) is 2. The van der Waals surface area contributed by atoms with Crippen molar-refractivity contribution >= 4 is 29.1 Å². The molecule has 0 saturated heterocycles. The molecule has 0 saturated carbocycles. The van der Waals surface area contributed by atoms with E-state index in [-0.39, 0.29) is 23.1 Å². The van der Waals surface area contributed by atoms with Crippen molar-refractivity contribution in [2.75, 3.05) is 12.4 Å².